The van der Waals surface area contributed by atoms with Gasteiger partial charge < -0.3 is 5.73 Å². The first-order chi connectivity index (χ1) is 8.00. The highest BCUT2D eigenvalue weighted by atomic mass is 79.9. The molecule has 0 unspecified atom stereocenters. The van der Waals surface area contributed by atoms with Crippen molar-refractivity contribution in [1.29, 1.82) is 0 Å². The van der Waals surface area contributed by atoms with Gasteiger partial charge in [-0.05, 0) is 15.9 Å². The predicted octanol–water partition coefficient (Wildman–Crippen LogP) is 4.15. The lowest BCUT2D eigenvalue weighted by Crippen LogP contribution is -2.18. The van der Waals surface area contributed by atoms with E-state index in [4.69, 9.17) is 5.73 Å². The molecule has 1 aromatic rings. The molecule has 1 rings (SSSR count). The minimum absolute atomic E-state index is 0.0446. The van der Waals surface area contributed by atoms with Crippen molar-refractivity contribution in [3.05, 3.63) is 16.0 Å². The Morgan fingerprint density at radius 2 is 1.67 bits per heavy atom. The molecule has 0 saturated carbocycles. The Hall–Kier alpha value is -0.290. The third-order valence-corrected chi connectivity index (χ3v) is 4.32. The van der Waals surface area contributed by atoms with E-state index >= 15 is 0 Å². The second-order valence-corrected chi connectivity index (χ2v) is 8.93. The van der Waals surface area contributed by atoms with Gasteiger partial charge in [-0.3, -0.25) is 0 Å². The molecular weight excluding hydrogens is 310 g/mol. The fourth-order valence-electron chi connectivity index (χ4n) is 1.36. The zero-order valence-corrected chi connectivity index (χ0v) is 14.4. The molecule has 0 radical (unpaired) electrons. The Labute approximate surface area is 122 Å². The van der Waals surface area contributed by atoms with E-state index in [-0.39, 0.29) is 10.2 Å². The Kier molecular flexibility index (Phi) is 4.70. The average molecular weight is 332 g/mol. The number of hydrogen-bond acceptors (Lipinski definition) is 4. The summed E-state index contributed by atoms with van der Waals surface area (Å²) in [7, 11) is 0. The normalized spacial score (nSPS) is 12.8. The molecule has 5 heteroatoms. The van der Waals surface area contributed by atoms with E-state index in [1.54, 1.807) is 0 Å². The van der Waals surface area contributed by atoms with Crippen LogP contribution in [0.5, 0.6) is 0 Å². The van der Waals surface area contributed by atoms with Crippen LogP contribution in [-0.4, -0.2) is 14.7 Å². The lowest BCUT2D eigenvalue weighted by atomic mass is 9.92. The first-order valence-electron chi connectivity index (χ1n) is 5.97. The molecule has 0 bridgehead atoms. The molecule has 0 aliphatic carbocycles. The van der Waals surface area contributed by atoms with Crippen molar-refractivity contribution in [2.45, 2.75) is 57.5 Å². The fraction of sp³-hybridized carbons (Fsp3) is 0.692. The van der Waals surface area contributed by atoms with Crippen molar-refractivity contribution in [3.63, 3.8) is 0 Å². The number of nitrogen functional groups attached to an aromatic ring is 1. The Morgan fingerprint density at radius 1 is 1.11 bits per heavy atom. The van der Waals surface area contributed by atoms with Gasteiger partial charge in [-0.1, -0.05) is 41.5 Å². The highest BCUT2D eigenvalue weighted by Gasteiger charge is 2.22. The molecule has 3 nitrogen and oxygen atoms in total. The van der Waals surface area contributed by atoms with Crippen LogP contribution in [0.1, 0.15) is 53.1 Å². The molecule has 2 N–H and O–H groups in total. The number of rotatable bonds is 2. The molecule has 0 spiro atoms. The molecule has 0 aromatic carbocycles. The Bertz CT molecular complexity index is 433. The number of halogens is 1. The first-order valence-corrected chi connectivity index (χ1v) is 7.75. The van der Waals surface area contributed by atoms with E-state index in [0.717, 1.165) is 21.7 Å². The largest absolute Gasteiger partial charge is 0.383 e. The van der Waals surface area contributed by atoms with Crippen molar-refractivity contribution < 1.29 is 0 Å². The average Bonchev–Trinajstić information content (AvgIpc) is 2.16. The second kappa shape index (κ2) is 5.37. The van der Waals surface area contributed by atoms with E-state index in [1.807, 2.05) is 11.8 Å². The molecule has 0 aliphatic heterocycles. The van der Waals surface area contributed by atoms with Crippen LogP contribution in [0.4, 0.5) is 5.82 Å². The molecule has 0 amide bonds. The summed E-state index contributed by atoms with van der Waals surface area (Å²) in [6.07, 6.45) is 0. The van der Waals surface area contributed by atoms with Gasteiger partial charge in [0.15, 0.2) is 0 Å². The van der Waals surface area contributed by atoms with Crippen LogP contribution in [0.25, 0.3) is 0 Å². The molecule has 102 valence electrons. The zero-order chi connectivity index (χ0) is 14.1. The maximum Gasteiger partial charge on any atom is 0.141 e. The maximum absolute atomic E-state index is 5.95. The molecular formula is C13H22BrN3S. The minimum atomic E-state index is -0.0446. The lowest BCUT2D eigenvalue weighted by molar-refractivity contribution is 0.560. The fourth-order valence-corrected chi connectivity index (χ4v) is 2.82. The van der Waals surface area contributed by atoms with E-state index in [1.165, 1.54) is 0 Å². The highest BCUT2D eigenvalue weighted by molar-refractivity contribution is 9.10. The molecule has 0 aliphatic rings. The smallest absolute Gasteiger partial charge is 0.141 e. The van der Waals surface area contributed by atoms with Crippen LogP contribution < -0.4 is 5.73 Å². The Morgan fingerprint density at radius 3 is 2.11 bits per heavy atom. The van der Waals surface area contributed by atoms with Gasteiger partial charge in [-0.25, -0.2) is 9.97 Å². The molecule has 0 atom stereocenters. The van der Waals surface area contributed by atoms with E-state index in [0.29, 0.717) is 5.82 Å². The summed E-state index contributed by atoms with van der Waals surface area (Å²) in [6, 6.07) is 0. The number of anilines is 1. The molecule has 0 saturated heterocycles. The van der Waals surface area contributed by atoms with Crippen LogP contribution >= 0.6 is 27.7 Å². The van der Waals surface area contributed by atoms with Crippen LogP contribution in [0.3, 0.4) is 0 Å². The van der Waals surface area contributed by atoms with Crippen LogP contribution in [-0.2, 0) is 11.2 Å². The number of hydrogen-bond donors (Lipinski definition) is 1. The number of nitrogens with zero attached hydrogens (tertiary/aromatic N) is 2. The van der Waals surface area contributed by atoms with Gasteiger partial charge in [0.2, 0.25) is 0 Å². The van der Waals surface area contributed by atoms with Crippen LogP contribution in [0.15, 0.2) is 4.47 Å². The SMILES string of the molecule is CC(C)(C)SCc1nc(N)c(Br)c(C(C)(C)C)n1. The van der Waals surface area contributed by atoms with Gasteiger partial charge >= 0.3 is 0 Å². The lowest BCUT2D eigenvalue weighted by Gasteiger charge is -2.22. The third kappa shape index (κ3) is 4.43. The number of nitrogens with two attached hydrogens (primary N) is 1. The van der Waals surface area contributed by atoms with Crippen molar-refractivity contribution in [1.82, 2.24) is 9.97 Å². The number of thioether (sulfide) groups is 1. The molecule has 18 heavy (non-hydrogen) atoms. The number of aromatic nitrogens is 2. The van der Waals surface area contributed by atoms with Gasteiger partial charge in [0.1, 0.15) is 11.6 Å². The standard InChI is InChI=1S/C13H22BrN3S/c1-12(2,3)10-9(14)11(15)17-8(16-10)7-18-13(4,5)6/h7H2,1-6H3,(H2,15,16,17). The van der Waals surface area contributed by atoms with Crippen molar-refractivity contribution >= 4 is 33.5 Å². The highest BCUT2D eigenvalue weighted by Crippen LogP contribution is 2.33. The second-order valence-electron chi connectivity index (χ2n) is 6.34. The van der Waals surface area contributed by atoms with E-state index in [2.05, 4.69) is 67.4 Å². The zero-order valence-electron chi connectivity index (χ0n) is 12.0. The summed E-state index contributed by atoms with van der Waals surface area (Å²) in [5, 5.41) is 0. The van der Waals surface area contributed by atoms with Crippen molar-refractivity contribution in [3.8, 4) is 0 Å². The van der Waals surface area contributed by atoms with Crippen LogP contribution in [0.2, 0.25) is 0 Å². The molecule has 1 aromatic heterocycles. The monoisotopic (exact) mass is 331 g/mol. The Balaban J connectivity index is 3.06. The van der Waals surface area contributed by atoms with E-state index < -0.39 is 0 Å². The van der Waals surface area contributed by atoms with E-state index in [9.17, 15) is 0 Å². The third-order valence-electron chi connectivity index (χ3n) is 2.27. The van der Waals surface area contributed by atoms with Gasteiger partial charge in [0, 0.05) is 10.2 Å². The summed E-state index contributed by atoms with van der Waals surface area (Å²) < 4.78 is 1.02. The van der Waals surface area contributed by atoms with Crippen molar-refractivity contribution in [2.24, 2.45) is 0 Å². The minimum Gasteiger partial charge on any atom is -0.383 e. The summed E-state index contributed by atoms with van der Waals surface area (Å²) in [5.74, 6) is 2.12. The van der Waals surface area contributed by atoms with Gasteiger partial charge in [-0.15, -0.1) is 11.8 Å². The maximum atomic E-state index is 5.95. The van der Waals surface area contributed by atoms with Crippen LogP contribution in [0, 0.1) is 0 Å². The van der Waals surface area contributed by atoms with Gasteiger partial charge in [-0.2, -0.15) is 0 Å². The first kappa shape index (κ1) is 15.8. The summed E-state index contributed by atoms with van der Waals surface area (Å²) in [4.78, 5) is 9.00. The topological polar surface area (TPSA) is 51.8 Å². The quantitative estimate of drug-likeness (QED) is 0.884. The van der Waals surface area contributed by atoms with Gasteiger partial charge in [0.05, 0.1) is 15.9 Å². The molecule has 0 fully saturated rings. The summed E-state index contributed by atoms with van der Waals surface area (Å²) >= 11 is 5.31. The molecule has 1 heterocycles. The predicted molar refractivity (Wildman–Crippen MR) is 83.9 cm³/mol. The summed E-state index contributed by atoms with van der Waals surface area (Å²) in [5.41, 5.74) is 6.88. The summed E-state index contributed by atoms with van der Waals surface area (Å²) in [6.45, 7) is 12.9. The van der Waals surface area contributed by atoms with Crippen molar-refractivity contribution in [2.75, 3.05) is 5.73 Å². The van der Waals surface area contributed by atoms with Gasteiger partial charge in [0.25, 0.3) is 0 Å².